The van der Waals surface area contributed by atoms with E-state index in [0.717, 1.165) is 0 Å². The Hall–Kier alpha value is -4.17. The van der Waals surface area contributed by atoms with Crippen LogP contribution in [0, 0.1) is 0 Å². The van der Waals surface area contributed by atoms with Gasteiger partial charge in [-0.05, 0) is 18.2 Å². The Kier molecular flexibility index (Phi) is 7.12. The number of benzene rings is 3. The zero-order valence-electron chi connectivity index (χ0n) is 19.4. The molecular weight excluding hydrogens is 470 g/mol. The van der Waals surface area contributed by atoms with Gasteiger partial charge in [0, 0.05) is 39.3 Å². The standard InChI is InChI=1S/C26H24ClN3O5/c1-33-20-12-17(13-21(34-2)26(20)35-3)28-14-22(31)30-23-18-10-9-16(27)11-19(18)29-24(23)25(32)15-7-5-4-6-8-15/h4-13,28-29H,14H2,1-3H3,(H,30,31). The Morgan fingerprint density at radius 2 is 1.60 bits per heavy atom. The van der Waals surface area contributed by atoms with Gasteiger partial charge in [0.1, 0.15) is 5.69 Å². The third-order valence-corrected chi connectivity index (χ3v) is 5.64. The zero-order chi connectivity index (χ0) is 24.9. The van der Waals surface area contributed by atoms with Crippen molar-refractivity contribution < 1.29 is 23.8 Å². The topological polar surface area (TPSA) is 102 Å². The minimum absolute atomic E-state index is 0.0716. The van der Waals surface area contributed by atoms with Crippen LogP contribution in [0.15, 0.2) is 60.7 Å². The van der Waals surface area contributed by atoms with Crippen molar-refractivity contribution in [2.45, 2.75) is 0 Å². The highest BCUT2D eigenvalue weighted by Gasteiger charge is 2.21. The van der Waals surface area contributed by atoms with Crippen LogP contribution in [-0.2, 0) is 4.79 Å². The van der Waals surface area contributed by atoms with Gasteiger partial charge in [0.15, 0.2) is 11.5 Å². The van der Waals surface area contributed by atoms with E-state index in [1.165, 1.54) is 21.3 Å². The van der Waals surface area contributed by atoms with Gasteiger partial charge in [-0.15, -0.1) is 0 Å². The molecule has 1 heterocycles. The molecule has 9 heteroatoms. The summed E-state index contributed by atoms with van der Waals surface area (Å²) in [5, 5.41) is 7.11. The number of carbonyl (C=O) groups excluding carboxylic acids is 2. The molecule has 0 aliphatic carbocycles. The van der Waals surface area contributed by atoms with Gasteiger partial charge in [-0.25, -0.2) is 0 Å². The fourth-order valence-corrected chi connectivity index (χ4v) is 3.92. The molecule has 4 rings (SSSR count). The molecule has 0 aliphatic rings. The van der Waals surface area contributed by atoms with E-state index in [2.05, 4.69) is 15.6 Å². The predicted molar refractivity (Wildman–Crippen MR) is 136 cm³/mol. The predicted octanol–water partition coefficient (Wildman–Crippen LogP) is 5.13. The molecule has 0 spiro atoms. The van der Waals surface area contributed by atoms with E-state index in [-0.39, 0.29) is 23.9 Å². The number of rotatable bonds is 9. The van der Waals surface area contributed by atoms with Crippen molar-refractivity contribution in [3.8, 4) is 17.2 Å². The Morgan fingerprint density at radius 3 is 2.23 bits per heavy atom. The lowest BCUT2D eigenvalue weighted by Crippen LogP contribution is -2.23. The molecule has 1 amide bonds. The second kappa shape index (κ2) is 10.4. The van der Waals surface area contributed by atoms with E-state index in [9.17, 15) is 9.59 Å². The van der Waals surface area contributed by atoms with Gasteiger partial charge in [0.25, 0.3) is 0 Å². The molecule has 0 fully saturated rings. The lowest BCUT2D eigenvalue weighted by molar-refractivity contribution is -0.114. The smallest absolute Gasteiger partial charge is 0.243 e. The lowest BCUT2D eigenvalue weighted by atomic mass is 10.1. The van der Waals surface area contributed by atoms with Crippen molar-refractivity contribution in [1.29, 1.82) is 0 Å². The number of aromatic nitrogens is 1. The summed E-state index contributed by atoms with van der Waals surface area (Å²) < 4.78 is 16.0. The second-order valence-electron chi connectivity index (χ2n) is 7.58. The molecule has 0 aliphatic heterocycles. The Balaban J connectivity index is 1.60. The van der Waals surface area contributed by atoms with Gasteiger partial charge in [-0.3, -0.25) is 9.59 Å². The number of H-pyrrole nitrogens is 1. The molecule has 0 radical (unpaired) electrons. The van der Waals surface area contributed by atoms with Crippen LogP contribution in [0.4, 0.5) is 11.4 Å². The van der Waals surface area contributed by atoms with Crippen LogP contribution in [0.25, 0.3) is 10.9 Å². The maximum absolute atomic E-state index is 13.2. The first-order valence-corrected chi connectivity index (χ1v) is 11.1. The average Bonchev–Trinajstić information content (AvgIpc) is 3.23. The summed E-state index contributed by atoms with van der Waals surface area (Å²) >= 11 is 6.14. The quantitative estimate of drug-likeness (QED) is 0.279. The number of hydrogen-bond donors (Lipinski definition) is 3. The van der Waals surface area contributed by atoms with Gasteiger partial charge >= 0.3 is 0 Å². The molecule has 0 unspecified atom stereocenters. The van der Waals surface area contributed by atoms with Gasteiger partial charge in [0.05, 0.1) is 33.6 Å². The van der Waals surface area contributed by atoms with Gasteiger partial charge in [0.2, 0.25) is 17.4 Å². The molecule has 0 atom stereocenters. The lowest BCUT2D eigenvalue weighted by Gasteiger charge is -2.15. The number of ketones is 1. The number of fused-ring (bicyclic) bond motifs is 1. The number of methoxy groups -OCH3 is 3. The van der Waals surface area contributed by atoms with E-state index in [0.29, 0.717) is 50.1 Å². The summed E-state index contributed by atoms with van der Waals surface area (Å²) in [6.45, 7) is -0.0716. The fraction of sp³-hybridized carbons (Fsp3) is 0.154. The molecule has 4 aromatic rings. The van der Waals surface area contributed by atoms with Crippen LogP contribution < -0.4 is 24.8 Å². The number of nitrogens with one attached hydrogen (secondary N) is 3. The van der Waals surface area contributed by atoms with Crippen LogP contribution in [0.1, 0.15) is 16.1 Å². The number of hydrogen-bond acceptors (Lipinski definition) is 6. The van der Waals surface area contributed by atoms with Crippen LogP contribution in [0.2, 0.25) is 5.02 Å². The van der Waals surface area contributed by atoms with E-state index < -0.39 is 0 Å². The molecule has 3 aromatic carbocycles. The maximum Gasteiger partial charge on any atom is 0.243 e. The van der Waals surface area contributed by atoms with Crippen molar-refractivity contribution in [3.05, 3.63) is 76.9 Å². The first-order valence-electron chi connectivity index (χ1n) is 10.7. The van der Waals surface area contributed by atoms with Crippen LogP contribution in [-0.4, -0.2) is 44.5 Å². The third kappa shape index (κ3) is 5.02. The Morgan fingerprint density at radius 1 is 0.914 bits per heavy atom. The summed E-state index contributed by atoms with van der Waals surface area (Å²) in [6, 6.07) is 17.4. The minimum Gasteiger partial charge on any atom is -0.493 e. The molecule has 0 saturated carbocycles. The maximum atomic E-state index is 13.2. The van der Waals surface area contributed by atoms with Gasteiger partial charge in [-0.1, -0.05) is 41.9 Å². The van der Waals surface area contributed by atoms with Crippen molar-refractivity contribution in [3.63, 3.8) is 0 Å². The second-order valence-corrected chi connectivity index (χ2v) is 8.01. The van der Waals surface area contributed by atoms with Gasteiger partial charge < -0.3 is 29.8 Å². The molecule has 180 valence electrons. The fourth-order valence-electron chi connectivity index (χ4n) is 3.75. The first-order chi connectivity index (χ1) is 16.9. The summed E-state index contributed by atoms with van der Waals surface area (Å²) in [7, 11) is 4.55. The number of anilines is 2. The molecular formula is C26H24ClN3O5. The summed E-state index contributed by atoms with van der Waals surface area (Å²) in [6.07, 6.45) is 0. The van der Waals surface area contributed by atoms with Crippen molar-refractivity contribution in [2.75, 3.05) is 38.5 Å². The Labute approximate surface area is 207 Å². The number of carbonyl (C=O) groups is 2. The molecule has 8 nitrogen and oxygen atoms in total. The van der Waals surface area contributed by atoms with Gasteiger partial charge in [-0.2, -0.15) is 0 Å². The normalized spacial score (nSPS) is 10.6. The highest BCUT2D eigenvalue weighted by Crippen LogP contribution is 2.40. The minimum atomic E-state index is -0.350. The van der Waals surface area contributed by atoms with Crippen LogP contribution in [0.3, 0.4) is 0 Å². The number of ether oxygens (including phenoxy) is 3. The van der Waals surface area contributed by atoms with Crippen molar-refractivity contribution in [1.82, 2.24) is 4.98 Å². The Bertz CT molecular complexity index is 1360. The SMILES string of the molecule is COc1cc(NCC(=O)Nc2c(C(=O)c3ccccc3)[nH]c3cc(Cl)ccc23)cc(OC)c1OC. The highest BCUT2D eigenvalue weighted by molar-refractivity contribution is 6.31. The average molecular weight is 494 g/mol. The van der Waals surface area contributed by atoms with Crippen LogP contribution in [0.5, 0.6) is 17.2 Å². The molecule has 0 saturated heterocycles. The largest absolute Gasteiger partial charge is 0.493 e. The summed E-state index contributed by atoms with van der Waals surface area (Å²) in [4.78, 5) is 29.2. The van der Waals surface area contributed by atoms with E-state index in [4.69, 9.17) is 25.8 Å². The molecule has 0 bridgehead atoms. The summed E-state index contributed by atoms with van der Waals surface area (Å²) in [5.74, 6) is 0.770. The number of amides is 1. The van der Waals surface area contributed by atoms with Crippen LogP contribution >= 0.6 is 11.6 Å². The van der Waals surface area contributed by atoms with Crippen molar-refractivity contribution in [2.24, 2.45) is 0 Å². The molecule has 3 N–H and O–H groups in total. The van der Waals surface area contributed by atoms with Crippen molar-refractivity contribution >= 4 is 45.6 Å². The van der Waals surface area contributed by atoms with E-state index in [1.807, 2.05) is 6.07 Å². The number of halogens is 1. The van der Waals surface area contributed by atoms with E-state index in [1.54, 1.807) is 54.6 Å². The zero-order valence-corrected chi connectivity index (χ0v) is 20.2. The molecule has 35 heavy (non-hydrogen) atoms. The number of aromatic amines is 1. The first kappa shape index (κ1) is 24.0. The monoisotopic (exact) mass is 493 g/mol. The highest BCUT2D eigenvalue weighted by atomic mass is 35.5. The third-order valence-electron chi connectivity index (χ3n) is 5.41. The summed E-state index contributed by atoms with van der Waals surface area (Å²) in [5.41, 5.74) is 2.40. The molecule has 1 aromatic heterocycles. The van der Waals surface area contributed by atoms with E-state index >= 15 is 0 Å².